The van der Waals surface area contributed by atoms with Crippen molar-refractivity contribution in [1.82, 2.24) is 5.32 Å². The van der Waals surface area contributed by atoms with Crippen LogP contribution in [0.4, 0.5) is 5.69 Å². The highest BCUT2D eigenvalue weighted by molar-refractivity contribution is 5.97. The number of methoxy groups -OCH3 is 4. The number of anilines is 1. The average Bonchev–Trinajstić information content (AvgIpc) is 2.85. The maximum absolute atomic E-state index is 13.2. The number of benzene rings is 2. The Balaban J connectivity index is 2.01. The summed E-state index contributed by atoms with van der Waals surface area (Å²) in [6, 6.07) is 12.3. The quantitative estimate of drug-likeness (QED) is 0.552. The summed E-state index contributed by atoms with van der Waals surface area (Å²) in [7, 11) is 6.36. The third-order valence-electron chi connectivity index (χ3n) is 5.86. The minimum Gasteiger partial charge on any atom is -0.497 e. The van der Waals surface area contributed by atoms with Crippen LogP contribution in [0.15, 0.2) is 42.5 Å². The molecular weight excluding hydrogens is 424 g/mol. The molecule has 33 heavy (non-hydrogen) atoms. The van der Waals surface area contributed by atoms with E-state index in [2.05, 4.69) is 5.32 Å². The molecule has 1 aliphatic rings. The molecule has 1 fully saturated rings. The van der Waals surface area contributed by atoms with E-state index in [4.69, 9.17) is 18.9 Å². The molecule has 0 saturated carbocycles. The van der Waals surface area contributed by atoms with Gasteiger partial charge in [-0.15, -0.1) is 0 Å². The molecule has 1 aliphatic heterocycles. The number of nitrogens with one attached hydrogen (secondary N) is 1. The predicted octanol–water partition coefficient (Wildman–Crippen LogP) is 3.35. The minimum absolute atomic E-state index is 0.0385. The average molecular weight is 457 g/mol. The van der Waals surface area contributed by atoms with E-state index in [0.717, 1.165) is 12.0 Å². The van der Waals surface area contributed by atoms with Crippen molar-refractivity contribution in [2.45, 2.75) is 25.3 Å². The fourth-order valence-corrected chi connectivity index (χ4v) is 4.19. The molecule has 0 bridgehead atoms. The predicted molar refractivity (Wildman–Crippen MR) is 125 cm³/mol. The maximum Gasteiger partial charge on any atom is 0.227 e. The van der Waals surface area contributed by atoms with Gasteiger partial charge < -0.3 is 29.2 Å². The van der Waals surface area contributed by atoms with Crippen LogP contribution in [0.2, 0.25) is 0 Å². The van der Waals surface area contributed by atoms with Gasteiger partial charge in [0.1, 0.15) is 5.75 Å². The lowest BCUT2D eigenvalue weighted by molar-refractivity contribution is -0.129. The van der Waals surface area contributed by atoms with Crippen LogP contribution in [-0.4, -0.2) is 53.4 Å². The van der Waals surface area contributed by atoms with Crippen molar-refractivity contribution in [3.05, 3.63) is 48.0 Å². The van der Waals surface area contributed by atoms with Gasteiger partial charge in [-0.2, -0.15) is 0 Å². The minimum atomic E-state index is -0.498. The Morgan fingerprint density at radius 2 is 1.73 bits per heavy atom. The van der Waals surface area contributed by atoms with Crippen LogP contribution in [0.5, 0.6) is 17.2 Å². The molecule has 178 valence electrons. The van der Waals surface area contributed by atoms with Crippen molar-refractivity contribution < 1.29 is 28.5 Å². The smallest absolute Gasteiger partial charge is 0.227 e. The van der Waals surface area contributed by atoms with Crippen molar-refractivity contribution in [3.63, 3.8) is 0 Å². The fraction of sp³-hybridized carbons (Fsp3) is 0.440. The molecule has 2 aromatic rings. The molecule has 1 saturated heterocycles. The molecule has 0 aromatic heterocycles. The van der Waals surface area contributed by atoms with Crippen molar-refractivity contribution in [1.29, 1.82) is 0 Å². The zero-order chi connectivity index (χ0) is 23.8. The van der Waals surface area contributed by atoms with Gasteiger partial charge >= 0.3 is 0 Å². The molecule has 2 atom stereocenters. The molecule has 8 heteroatoms. The molecule has 2 amide bonds. The summed E-state index contributed by atoms with van der Waals surface area (Å²) in [5.41, 5.74) is 1.51. The Kier molecular flexibility index (Phi) is 8.54. The molecule has 1 heterocycles. The number of hydrogen-bond donors (Lipinski definition) is 1. The first-order valence-electron chi connectivity index (χ1n) is 11.0. The Morgan fingerprint density at radius 1 is 1.00 bits per heavy atom. The number of carbonyl (C=O) groups excluding carboxylic acids is 2. The van der Waals surface area contributed by atoms with Crippen LogP contribution in [0.3, 0.4) is 0 Å². The van der Waals surface area contributed by atoms with Crippen LogP contribution in [-0.2, 0) is 14.3 Å². The number of nitrogens with zero attached hydrogens (tertiary/aromatic N) is 1. The summed E-state index contributed by atoms with van der Waals surface area (Å²) in [5, 5.41) is 3.01. The van der Waals surface area contributed by atoms with Crippen LogP contribution >= 0.6 is 0 Å². The lowest BCUT2D eigenvalue weighted by Gasteiger charge is -2.41. The highest BCUT2D eigenvalue weighted by Crippen LogP contribution is 2.42. The second kappa shape index (κ2) is 11.6. The highest BCUT2D eigenvalue weighted by Gasteiger charge is 2.41. The van der Waals surface area contributed by atoms with Crippen LogP contribution in [0, 0.1) is 5.92 Å². The molecule has 2 unspecified atom stereocenters. The van der Waals surface area contributed by atoms with Crippen LogP contribution in [0.25, 0.3) is 0 Å². The summed E-state index contributed by atoms with van der Waals surface area (Å²) in [5.74, 6) is 1.27. The number of carbonyl (C=O) groups is 2. The molecule has 0 spiro atoms. The lowest BCUT2D eigenvalue weighted by atomic mass is 9.83. The van der Waals surface area contributed by atoms with Gasteiger partial charge in [-0.25, -0.2) is 0 Å². The van der Waals surface area contributed by atoms with Crippen LogP contribution in [0.1, 0.15) is 30.9 Å². The first-order chi connectivity index (χ1) is 16.0. The summed E-state index contributed by atoms with van der Waals surface area (Å²) in [4.78, 5) is 28.1. The summed E-state index contributed by atoms with van der Waals surface area (Å²) in [6.45, 7) is 1.08. The van der Waals surface area contributed by atoms with Crippen LogP contribution < -0.4 is 24.4 Å². The molecule has 8 nitrogen and oxygen atoms in total. The number of piperidine rings is 1. The number of ether oxygens (including phenoxy) is 4. The highest BCUT2D eigenvalue weighted by atomic mass is 16.5. The van der Waals surface area contributed by atoms with Gasteiger partial charge in [-0.3, -0.25) is 9.59 Å². The zero-order valence-electron chi connectivity index (χ0n) is 19.6. The maximum atomic E-state index is 13.2. The van der Waals surface area contributed by atoms with Gasteiger partial charge in [0.2, 0.25) is 11.8 Å². The molecule has 0 radical (unpaired) electrons. The van der Waals surface area contributed by atoms with E-state index in [1.54, 1.807) is 39.4 Å². The Morgan fingerprint density at radius 3 is 2.36 bits per heavy atom. The Hall–Kier alpha value is -3.26. The third kappa shape index (κ3) is 5.57. The standard InChI is InChI=1S/C25H32N2O6/c1-30-15-5-14-26-25(29)20-11-13-23(28)27(18-7-9-19(31-2)10-8-18)24(20)17-6-12-21(32-3)22(16-17)33-4/h6-10,12,16,20,24H,5,11,13-15H2,1-4H3,(H,26,29). The number of hydrogen-bond acceptors (Lipinski definition) is 6. The zero-order valence-corrected chi connectivity index (χ0v) is 19.6. The van der Waals surface area contributed by atoms with E-state index in [-0.39, 0.29) is 18.2 Å². The molecule has 3 rings (SSSR count). The Labute approximate surface area is 194 Å². The van der Waals surface area contributed by atoms with Crippen molar-refractivity contribution in [3.8, 4) is 17.2 Å². The van der Waals surface area contributed by atoms with Gasteiger partial charge in [-0.1, -0.05) is 6.07 Å². The molecule has 2 aromatic carbocycles. The van der Waals surface area contributed by atoms with E-state index >= 15 is 0 Å². The van der Waals surface area contributed by atoms with Crippen molar-refractivity contribution in [2.24, 2.45) is 5.92 Å². The van der Waals surface area contributed by atoms with Gasteiger partial charge in [0.15, 0.2) is 11.5 Å². The van der Waals surface area contributed by atoms with Crippen molar-refractivity contribution in [2.75, 3.05) is 46.5 Å². The van der Waals surface area contributed by atoms with E-state index in [1.165, 1.54) is 0 Å². The molecule has 1 N–H and O–H groups in total. The summed E-state index contributed by atoms with van der Waals surface area (Å²) >= 11 is 0. The Bertz CT molecular complexity index is 946. The van der Waals surface area contributed by atoms with Gasteiger partial charge in [0.25, 0.3) is 0 Å². The first kappa shape index (κ1) is 24.4. The summed E-state index contributed by atoms with van der Waals surface area (Å²) in [6.07, 6.45) is 1.46. The van der Waals surface area contributed by atoms with E-state index in [9.17, 15) is 9.59 Å². The number of rotatable bonds is 10. The second-order valence-corrected chi connectivity index (χ2v) is 7.80. The number of amides is 2. The van der Waals surface area contributed by atoms with Crippen molar-refractivity contribution >= 4 is 17.5 Å². The fourth-order valence-electron chi connectivity index (χ4n) is 4.19. The second-order valence-electron chi connectivity index (χ2n) is 7.80. The monoisotopic (exact) mass is 456 g/mol. The molecular formula is C25H32N2O6. The molecule has 0 aliphatic carbocycles. The van der Waals surface area contributed by atoms with Gasteiger partial charge in [-0.05, 0) is 54.8 Å². The first-order valence-corrected chi connectivity index (χ1v) is 11.0. The van der Waals surface area contributed by atoms with Gasteiger partial charge in [0.05, 0.1) is 33.3 Å². The van der Waals surface area contributed by atoms with E-state index in [0.29, 0.717) is 42.5 Å². The topological polar surface area (TPSA) is 86.3 Å². The van der Waals surface area contributed by atoms with E-state index in [1.807, 2.05) is 36.4 Å². The van der Waals surface area contributed by atoms with E-state index < -0.39 is 12.0 Å². The summed E-state index contributed by atoms with van der Waals surface area (Å²) < 4.78 is 21.2. The lowest BCUT2D eigenvalue weighted by Crippen LogP contribution is -2.48. The van der Waals surface area contributed by atoms with Gasteiger partial charge in [0, 0.05) is 32.4 Å². The third-order valence-corrected chi connectivity index (χ3v) is 5.86. The SMILES string of the molecule is COCCCNC(=O)C1CCC(=O)N(c2ccc(OC)cc2)C1c1ccc(OC)c(OC)c1. The largest absolute Gasteiger partial charge is 0.497 e. The normalized spacial score (nSPS) is 18.1.